The molecule has 2 unspecified atom stereocenters. The normalized spacial score (nSPS) is 27.5. The van der Waals surface area contributed by atoms with Gasteiger partial charge in [-0.1, -0.05) is 54.6 Å². The maximum Gasteiger partial charge on any atom is 0.315 e. The van der Waals surface area contributed by atoms with Crippen LogP contribution in [0.2, 0.25) is 0 Å². The zero-order valence-corrected chi connectivity index (χ0v) is 11.3. The molecule has 2 nitrogen and oxygen atoms in total. The lowest BCUT2D eigenvalue weighted by molar-refractivity contribution is -0.403. The molecule has 3 rings (SSSR count). The van der Waals surface area contributed by atoms with E-state index in [-0.39, 0.29) is 23.3 Å². The third-order valence-corrected chi connectivity index (χ3v) is 3.64. The Morgan fingerprint density at radius 2 is 1.67 bits per heavy atom. The molecule has 2 aromatic rings. The lowest BCUT2D eigenvalue weighted by Gasteiger charge is -2.41. The molecule has 0 aromatic heterocycles. The molecule has 1 aliphatic heterocycles. The molecule has 0 radical (unpaired) electrons. The highest BCUT2D eigenvalue weighted by atomic mass is 19.2. The first-order valence-corrected chi connectivity index (χ1v) is 6.61. The van der Waals surface area contributed by atoms with E-state index in [1.807, 2.05) is 0 Å². The molecule has 0 spiro atoms. The van der Waals surface area contributed by atoms with E-state index in [0.717, 1.165) is 0 Å². The van der Waals surface area contributed by atoms with Gasteiger partial charge in [0.15, 0.2) is 5.75 Å². The molecule has 21 heavy (non-hydrogen) atoms. The van der Waals surface area contributed by atoms with E-state index in [1.165, 1.54) is 30.3 Å². The summed E-state index contributed by atoms with van der Waals surface area (Å²) in [5, 5.41) is 0. The fourth-order valence-electron chi connectivity index (χ4n) is 2.58. The molecule has 0 bridgehead atoms. The summed E-state index contributed by atoms with van der Waals surface area (Å²) in [4.78, 5) is 9.84. The second kappa shape index (κ2) is 4.97. The van der Waals surface area contributed by atoms with Gasteiger partial charge in [0.05, 0.1) is 0 Å². The summed E-state index contributed by atoms with van der Waals surface area (Å²) in [7, 11) is 0. The summed E-state index contributed by atoms with van der Waals surface area (Å²) in [6.45, 7) is 3.53. The van der Waals surface area contributed by atoms with Crippen LogP contribution in [0.5, 0.6) is 5.75 Å². The van der Waals surface area contributed by atoms with E-state index >= 15 is 8.78 Å². The highest BCUT2D eigenvalue weighted by Gasteiger charge is 2.61. The van der Waals surface area contributed by atoms with Gasteiger partial charge < -0.3 is 4.89 Å². The van der Waals surface area contributed by atoms with Crippen molar-refractivity contribution in [2.24, 2.45) is 0 Å². The van der Waals surface area contributed by atoms with E-state index in [4.69, 9.17) is 9.78 Å². The van der Waals surface area contributed by atoms with Crippen molar-refractivity contribution in [2.45, 2.75) is 17.9 Å². The van der Waals surface area contributed by atoms with Gasteiger partial charge in [-0.2, -0.15) is 4.39 Å². The number of alkyl halides is 2. The third kappa shape index (κ3) is 1.94. The molecule has 2 atom stereocenters. The van der Waals surface area contributed by atoms with Crippen LogP contribution in [0.1, 0.15) is 17.5 Å². The summed E-state index contributed by atoms with van der Waals surface area (Å²) in [5.41, 5.74) is -2.24. The molecule has 0 saturated heterocycles. The smallest absolute Gasteiger partial charge is 0.315 e. The number of benzene rings is 2. The van der Waals surface area contributed by atoms with Crippen LogP contribution in [0.15, 0.2) is 67.3 Å². The number of para-hydroxylation sites is 1. The van der Waals surface area contributed by atoms with Gasteiger partial charge in [0.2, 0.25) is 5.67 Å². The molecule has 0 saturated carbocycles. The van der Waals surface area contributed by atoms with Gasteiger partial charge in [-0.05, 0) is 6.07 Å². The molecule has 0 aliphatic carbocycles. The highest BCUT2D eigenvalue weighted by molar-refractivity contribution is 5.43. The SMILES string of the molecule is C=CCC1(F)c2ccccc2OOC1(F)c1ccccc1. The first kappa shape index (κ1) is 13.8. The van der Waals surface area contributed by atoms with Gasteiger partial charge >= 0.3 is 5.85 Å². The minimum absolute atomic E-state index is 0.0591. The van der Waals surface area contributed by atoms with Crippen molar-refractivity contribution in [3.63, 3.8) is 0 Å². The molecular formula is C17H14F2O2. The predicted molar refractivity (Wildman–Crippen MR) is 75.0 cm³/mol. The zero-order chi connectivity index (χ0) is 14.9. The fraction of sp³-hybridized carbons (Fsp3) is 0.176. The molecule has 0 amide bonds. The van der Waals surface area contributed by atoms with Crippen LogP contribution in [0, 0.1) is 0 Å². The van der Waals surface area contributed by atoms with Gasteiger partial charge in [0.1, 0.15) is 0 Å². The Morgan fingerprint density at radius 1 is 1.00 bits per heavy atom. The fourth-order valence-corrected chi connectivity index (χ4v) is 2.58. The number of hydrogen-bond acceptors (Lipinski definition) is 2. The number of hydrogen-bond donors (Lipinski definition) is 0. The lowest BCUT2D eigenvalue weighted by Crippen LogP contribution is -2.48. The first-order chi connectivity index (χ1) is 10.1. The highest BCUT2D eigenvalue weighted by Crippen LogP contribution is 2.55. The predicted octanol–water partition coefficient (Wildman–Crippen LogP) is 4.57. The molecule has 108 valence electrons. The zero-order valence-electron chi connectivity index (χ0n) is 11.3. The van der Waals surface area contributed by atoms with Crippen LogP contribution in [-0.2, 0) is 16.4 Å². The van der Waals surface area contributed by atoms with E-state index in [0.29, 0.717) is 0 Å². The Morgan fingerprint density at radius 3 is 2.38 bits per heavy atom. The molecule has 1 heterocycles. The van der Waals surface area contributed by atoms with E-state index < -0.39 is 11.5 Å². The molecule has 4 heteroatoms. The van der Waals surface area contributed by atoms with Crippen LogP contribution in [0.4, 0.5) is 8.78 Å². The van der Waals surface area contributed by atoms with Crippen molar-refractivity contribution < 1.29 is 18.6 Å². The Balaban J connectivity index is 2.20. The van der Waals surface area contributed by atoms with Crippen molar-refractivity contribution in [1.82, 2.24) is 0 Å². The van der Waals surface area contributed by atoms with Crippen molar-refractivity contribution in [3.05, 3.63) is 78.4 Å². The van der Waals surface area contributed by atoms with Gasteiger partial charge in [0.25, 0.3) is 0 Å². The maximum atomic E-state index is 15.6. The van der Waals surface area contributed by atoms with E-state index in [1.54, 1.807) is 30.3 Å². The summed E-state index contributed by atoms with van der Waals surface area (Å²) < 4.78 is 31.1. The van der Waals surface area contributed by atoms with Crippen LogP contribution in [0.25, 0.3) is 0 Å². The number of allylic oxidation sites excluding steroid dienone is 1. The Hall–Kier alpha value is -2.20. The second-order valence-electron chi connectivity index (χ2n) is 4.92. The number of halogens is 2. The van der Waals surface area contributed by atoms with Gasteiger partial charge in [-0.15, -0.1) is 11.5 Å². The molecule has 0 N–H and O–H groups in total. The molecular weight excluding hydrogens is 274 g/mol. The van der Waals surface area contributed by atoms with Crippen LogP contribution in [0.3, 0.4) is 0 Å². The van der Waals surface area contributed by atoms with Crippen molar-refractivity contribution in [2.75, 3.05) is 0 Å². The van der Waals surface area contributed by atoms with Gasteiger partial charge in [-0.3, -0.25) is 0 Å². The van der Waals surface area contributed by atoms with E-state index in [9.17, 15) is 0 Å². The summed E-state index contributed by atoms with van der Waals surface area (Å²) >= 11 is 0. The largest absolute Gasteiger partial charge is 0.333 e. The van der Waals surface area contributed by atoms with Crippen LogP contribution in [-0.4, -0.2) is 0 Å². The van der Waals surface area contributed by atoms with Crippen molar-refractivity contribution in [1.29, 1.82) is 0 Å². The second-order valence-corrected chi connectivity index (χ2v) is 4.92. The van der Waals surface area contributed by atoms with Gasteiger partial charge in [0, 0.05) is 17.5 Å². The topological polar surface area (TPSA) is 18.5 Å². The lowest BCUT2D eigenvalue weighted by atomic mass is 9.80. The Kier molecular flexibility index (Phi) is 3.26. The average Bonchev–Trinajstić information content (AvgIpc) is 2.53. The maximum absolute atomic E-state index is 15.6. The molecule has 2 aromatic carbocycles. The average molecular weight is 288 g/mol. The number of fused-ring (bicyclic) bond motifs is 1. The number of rotatable bonds is 3. The summed E-state index contributed by atoms with van der Waals surface area (Å²) in [6, 6.07) is 14.2. The van der Waals surface area contributed by atoms with Crippen LogP contribution < -0.4 is 4.89 Å². The summed E-state index contributed by atoms with van der Waals surface area (Å²) in [6.07, 6.45) is 1.10. The quantitative estimate of drug-likeness (QED) is 0.608. The molecule has 1 aliphatic rings. The Labute approximate surface area is 121 Å². The van der Waals surface area contributed by atoms with Crippen LogP contribution >= 0.6 is 0 Å². The minimum Gasteiger partial charge on any atom is -0.333 e. The van der Waals surface area contributed by atoms with Gasteiger partial charge in [-0.25, -0.2) is 4.39 Å². The monoisotopic (exact) mass is 288 g/mol. The first-order valence-electron chi connectivity index (χ1n) is 6.61. The Bertz CT molecular complexity index is 659. The third-order valence-electron chi connectivity index (χ3n) is 3.64. The molecule has 0 fully saturated rings. The van der Waals surface area contributed by atoms with Crippen molar-refractivity contribution >= 4 is 0 Å². The minimum atomic E-state index is -2.74. The standard InChI is InChI=1S/C17H14F2O2/c1-2-12-16(18)14-10-6-7-11-15(14)20-21-17(16,19)13-8-4-3-5-9-13/h2-11H,1,12H2. The summed E-state index contributed by atoms with van der Waals surface area (Å²) in [5.74, 6) is -2.57. The van der Waals surface area contributed by atoms with E-state index in [2.05, 4.69) is 6.58 Å². The van der Waals surface area contributed by atoms with Crippen molar-refractivity contribution in [3.8, 4) is 5.75 Å².